The van der Waals surface area contributed by atoms with Crippen molar-refractivity contribution in [2.24, 2.45) is 5.92 Å². The smallest absolute Gasteiger partial charge is 0.270 e. The van der Waals surface area contributed by atoms with Gasteiger partial charge in [0.1, 0.15) is 11.4 Å². The van der Waals surface area contributed by atoms with Gasteiger partial charge in [-0.2, -0.15) is 0 Å². The number of anilines is 2. The molecule has 25 heavy (non-hydrogen) atoms. The molecule has 0 radical (unpaired) electrons. The van der Waals surface area contributed by atoms with Crippen LogP contribution in [0.25, 0.3) is 0 Å². The molecule has 0 atom stereocenters. The van der Waals surface area contributed by atoms with Gasteiger partial charge in [0.2, 0.25) is 5.95 Å². The molecule has 7 heteroatoms. The Labute approximate surface area is 153 Å². The second-order valence-electron chi connectivity index (χ2n) is 6.13. The van der Waals surface area contributed by atoms with E-state index in [-0.39, 0.29) is 5.91 Å². The predicted molar refractivity (Wildman–Crippen MR) is 99.8 cm³/mol. The van der Waals surface area contributed by atoms with Crippen LogP contribution >= 0.6 is 11.6 Å². The number of methoxy groups -OCH3 is 1. The molecular weight excluding hydrogens is 340 g/mol. The number of benzene rings is 1. The lowest BCUT2D eigenvalue weighted by atomic mass is 10.1. The Morgan fingerprint density at radius 3 is 2.68 bits per heavy atom. The minimum absolute atomic E-state index is 0.207. The first-order chi connectivity index (χ1) is 11.9. The van der Waals surface area contributed by atoms with Gasteiger partial charge in [-0.05, 0) is 43.5 Å². The number of halogens is 1. The van der Waals surface area contributed by atoms with Crippen LogP contribution in [0.2, 0.25) is 5.02 Å². The van der Waals surface area contributed by atoms with Crippen LogP contribution in [0, 0.1) is 12.8 Å². The maximum absolute atomic E-state index is 12.3. The van der Waals surface area contributed by atoms with Gasteiger partial charge in [0.15, 0.2) is 0 Å². The highest BCUT2D eigenvalue weighted by Gasteiger charge is 2.11. The number of hydrogen-bond donors (Lipinski definition) is 2. The van der Waals surface area contributed by atoms with Gasteiger partial charge in [0, 0.05) is 17.9 Å². The second kappa shape index (κ2) is 8.67. The lowest BCUT2D eigenvalue weighted by Gasteiger charge is -2.10. The molecule has 1 aromatic heterocycles. The van der Waals surface area contributed by atoms with Crippen LogP contribution in [-0.2, 0) is 0 Å². The summed E-state index contributed by atoms with van der Waals surface area (Å²) in [5, 5.41) is 6.42. The Morgan fingerprint density at radius 1 is 1.28 bits per heavy atom. The van der Waals surface area contributed by atoms with Crippen LogP contribution in [0.5, 0.6) is 5.75 Å². The summed E-state index contributed by atoms with van der Waals surface area (Å²) in [6.07, 6.45) is 0.922. The van der Waals surface area contributed by atoms with Gasteiger partial charge in [-0.15, -0.1) is 0 Å². The lowest BCUT2D eigenvalue weighted by Crippen LogP contribution is -2.26. The van der Waals surface area contributed by atoms with Crippen molar-refractivity contribution in [2.75, 3.05) is 19.0 Å². The fraction of sp³-hybridized carbons (Fsp3) is 0.389. The van der Waals surface area contributed by atoms with Gasteiger partial charge in [-0.1, -0.05) is 25.4 Å². The number of carbonyl (C=O) groups excluding carboxylic acids is 1. The van der Waals surface area contributed by atoms with E-state index in [4.69, 9.17) is 16.3 Å². The molecule has 0 aliphatic rings. The Bertz CT molecular complexity index is 750. The van der Waals surface area contributed by atoms with Gasteiger partial charge >= 0.3 is 0 Å². The van der Waals surface area contributed by atoms with Crippen molar-refractivity contribution in [3.8, 4) is 5.75 Å². The van der Waals surface area contributed by atoms with E-state index in [1.54, 1.807) is 31.4 Å². The second-order valence-corrected chi connectivity index (χ2v) is 6.54. The molecule has 0 bridgehead atoms. The van der Waals surface area contributed by atoms with E-state index >= 15 is 0 Å². The molecule has 2 N–H and O–H groups in total. The number of aryl methyl sites for hydroxylation is 1. The van der Waals surface area contributed by atoms with Gasteiger partial charge in [0.05, 0.1) is 12.1 Å². The highest BCUT2D eigenvalue weighted by Crippen LogP contribution is 2.28. The van der Waals surface area contributed by atoms with Crippen molar-refractivity contribution in [2.45, 2.75) is 27.2 Å². The number of nitrogens with zero attached hydrogens (tertiary/aromatic N) is 2. The minimum Gasteiger partial charge on any atom is -0.495 e. The molecule has 2 aromatic rings. The van der Waals surface area contributed by atoms with Crippen LogP contribution < -0.4 is 15.4 Å². The zero-order valence-corrected chi connectivity index (χ0v) is 15.6. The molecule has 1 amide bonds. The average molecular weight is 363 g/mol. The predicted octanol–water partition coefficient (Wildman–Crippen LogP) is 3.97. The number of ether oxygens (including phenoxy) is 1. The van der Waals surface area contributed by atoms with Crippen LogP contribution in [0.3, 0.4) is 0 Å². The van der Waals surface area contributed by atoms with E-state index in [2.05, 4.69) is 34.4 Å². The molecule has 0 aliphatic heterocycles. The van der Waals surface area contributed by atoms with Crippen molar-refractivity contribution in [1.82, 2.24) is 15.3 Å². The summed E-state index contributed by atoms with van der Waals surface area (Å²) >= 11 is 6.12. The first-order valence-corrected chi connectivity index (χ1v) is 8.51. The van der Waals surface area contributed by atoms with Crippen LogP contribution in [-0.4, -0.2) is 29.5 Å². The third-order valence-corrected chi connectivity index (χ3v) is 3.80. The largest absolute Gasteiger partial charge is 0.495 e. The number of nitrogens with one attached hydrogen (secondary N) is 2. The summed E-state index contributed by atoms with van der Waals surface area (Å²) in [4.78, 5) is 20.9. The number of carbonyl (C=O) groups is 1. The van der Waals surface area contributed by atoms with E-state index in [1.807, 2.05) is 6.92 Å². The molecule has 1 heterocycles. The molecule has 0 fully saturated rings. The van der Waals surface area contributed by atoms with E-state index in [1.165, 1.54) is 0 Å². The third kappa shape index (κ3) is 5.60. The molecular formula is C18H23ClN4O2. The van der Waals surface area contributed by atoms with Gasteiger partial charge in [-0.25, -0.2) is 9.97 Å². The zero-order valence-electron chi connectivity index (χ0n) is 14.9. The van der Waals surface area contributed by atoms with Crippen molar-refractivity contribution < 1.29 is 9.53 Å². The molecule has 0 unspecified atom stereocenters. The number of hydrogen-bond acceptors (Lipinski definition) is 5. The van der Waals surface area contributed by atoms with Crippen molar-refractivity contribution in [3.63, 3.8) is 0 Å². The molecule has 134 valence electrons. The normalized spacial score (nSPS) is 10.6. The van der Waals surface area contributed by atoms with Gasteiger partial charge in [0.25, 0.3) is 5.91 Å². The highest BCUT2D eigenvalue weighted by molar-refractivity contribution is 6.32. The van der Waals surface area contributed by atoms with Crippen molar-refractivity contribution in [3.05, 3.63) is 40.7 Å². The molecule has 1 aromatic carbocycles. The standard InChI is InChI=1S/C18H23ClN4O2/c1-11(2)7-8-20-17(24)15-9-12(3)21-18(23-15)22-13-5-6-16(25-4)14(19)10-13/h5-6,9-11H,7-8H2,1-4H3,(H,20,24)(H,21,22,23). The molecule has 0 spiro atoms. The number of rotatable bonds is 7. The quantitative estimate of drug-likeness (QED) is 0.779. The van der Waals surface area contributed by atoms with Crippen LogP contribution in [0.1, 0.15) is 36.5 Å². The Hall–Kier alpha value is -2.34. The van der Waals surface area contributed by atoms with Crippen molar-refractivity contribution in [1.29, 1.82) is 0 Å². The Morgan fingerprint density at radius 2 is 2.04 bits per heavy atom. The molecule has 0 saturated carbocycles. The van der Waals surface area contributed by atoms with E-state index < -0.39 is 0 Å². The topological polar surface area (TPSA) is 76.1 Å². The van der Waals surface area contributed by atoms with Gasteiger partial charge < -0.3 is 15.4 Å². The van der Waals surface area contributed by atoms with Crippen LogP contribution in [0.4, 0.5) is 11.6 Å². The first kappa shape index (κ1) is 19.0. The first-order valence-electron chi connectivity index (χ1n) is 8.13. The fourth-order valence-electron chi connectivity index (χ4n) is 2.18. The third-order valence-electron chi connectivity index (χ3n) is 3.50. The summed E-state index contributed by atoms with van der Waals surface area (Å²) < 4.78 is 5.13. The Balaban J connectivity index is 2.13. The Kier molecular flexibility index (Phi) is 6.58. The zero-order chi connectivity index (χ0) is 18.4. The molecule has 2 rings (SSSR count). The monoisotopic (exact) mass is 362 g/mol. The minimum atomic E-state index is -0.207. The number of aromatic nitrogens is 2. The summed E-state index contributed by atoms with van der Waals surface area (Å²) in [7, 11) is 1.56. The summed E-state index contributed by atoms with van der Waals surface area (Å²) in [6, 6.07) is 6.93. The molecule has 0 aliphatic carbocycles. The summed E-state index contributed by atoms with van der Waals surface area (Å²) in [6.45, 7) is 6.67. The highest BCUT2D eigenvalue weighted by atomic mass is 35.5. The molecule has 6 nitrogen and oxygen atoms in total. The number of amides is 1. The van der Waals surface area contributed by atoms with E-state index in [9.17, 15) is 4.79 Å². The average Bonchev–Trinajstić information content (AvgIpc) is 2.54. The summed E-state index contributed by atoms with van der Waals surface area (Å²) in [5.74, 6) is 1.25. The van der Waals surface area contributed by atoms with E-state index in [0.717, 1.165) is 6.42 Å². The molecule has 0 saturated heterocycles. The van der Waals surface area contributed by atoms with Crippen molar-refractivity contribution >= 4 is 29.1 Å². The van der Waals surface area contributed by atoms with Crippen LogP contribution in [0.15, 0.2) is 24.3 Å². The van der Waals surface area contributed by atoms with E-state index in [0.29, 0.717) is 46.3 Å². The maximum Gasteiger partial charge on any atom is 0.270 e. The summed E-state index contributed by atoms with van der Waals surface area (Å²) in [5.41, 5.74) is 1.74. The SMILES string of the molecule is COc1ccc(Nc2nc(C)cc(C(=O)NCCC(C)C)n2)cc1Cl. The lowest BCUT2D eigenvalue weighted by molar-refractivity contribution is 0.0947. The maximum atomic E-state index is 12.3. The van der Waals surface area contributed by atoms with Gasteiger partial charge in [-0.3, -0.25) is 4.79 Å². The fourth-order valence-corrected chi connectivity index (χ4v) is 2.44.